The first kappa shape index (κ1) is 47.6. The van der Waals surface area contributed by atoms with Crippen molar-refractivity contribution in [2.24, 2.45) is 0 Å². The first-order valence-corrected chi connectivity index (χ1v) is 14.6. The Morgan fingerprint density at radius 3 is 0.489 bits per heavy atom. The molecule has 0 N–H and O–H groups in total. The molecule has 0 aromatic carbocycles. The van der Waals surface area contributed by atoms with Gasteiger partial charge in [-0.15, -0.1) is 0 Å². The van der Waals surface area contributed by atoms with E-state index in [1.54, 1.807) is 20.8 Å². The predicted octanol–water partition coefficient (Wildman–Crippen LogP) is -16.3. The normalized spacial score (nSPS) is 7.76. The number of hydrogen-bond acceptors (Lipinski definition) is 1. The summed E-state index contributed by atoms with van der Waals surface area (Å²) in [6.45, 7) is 80.2. The Morgan fingerprint density at radius 1 is 0.222 bits per heavy atom. The van der Waals surface area contributed by atoms with Crippen LogP contribution in [0.5, 0.6) is 0 Å². The van der Waals surface area contributed by atoms with Gasteiger partial charge < -0.3 is 0 Å². The van der Waals surface area contributed by atoms with Crippen molar-refractivity contribution in [3.63, 3.8) is 0 Å². The second-order valence-corrected chi connectivity index (χ2v) is 8.26. The van der Waals surface area contributed by atoms with E-state index in [0.29, 0.717) is 0 Å². The Labute approximate surface area is 298 Å². The minimum absolute atomic E-state index is 1.50. The van der Waals surface area contributed by atoms with E-state index in [0.717, 1.165) is 0 Å². The summed E-state index contributed by atoms with van der Waals surface area (Å²) in [4.78, 5) is 0. The molecule has 0 unspecified atom stereocenters. The van der Waals surface area contributed by atoms with Gasteiger partial charge in [-0.3, -0.25) is 0 Å². The average Bonchev–Trinajstić information content (AvgIpc) is 3.05. The zero-order valence-corrected chi connectivity index (χ0v) is 26.2. The topological polar surface area (TPSA) is 9.23 Å². The van der Waals surface area contributed by atoms with E-state index in [1.807, 2.05) is 261 Å². The van der Waals surface area contributed by atoms with Gasteiger partial charge in [0.1, 0.15) is 0 Å². The van der Waals surface area contributed by atoms with Crippen molar-refractivity contribution in [1.82, 2.24) is 0 Å². The molecule has 0 atom stereocenters. The van der Waals surface area contributed by atoms with Crippen molar-refractivity contribution in [3.8, 4) is 0 Å². The molecule has 0 heterocycles. The molecule has 0 aliphatic heterocycles. The summed E-state index contributed by atoms with van der Waals surface area (Å²) >= 11 is 0. The number of rotatable bonds is 21. The van der Waals surface area contributed by atoms with Crippen LogP contribution in [0.4, 0.5) is 0 Å². The molecule has 0 saturated carbocycles. The van der Waals surface area contributed by atoms with Crippen molar-refractivity contribution in [2.45, 2.75) is 0 Å². The maximum absolute atomic E-state index is 5.25. The molecular weight excluding hydrogens is 493 g/mol. The molecule has 0 aromatic heterocycles. The van der Waals surface area contributed by atoms with E-state index in [-0.39, 0.29) is 0 Å². The minimum atomic E-state index is 1.50. The average molecular weight is 496 g/mol. The molecule has 0 aliphatic rings. The zero-order valence-electron chi connectivity index (χ0n) is 26.2. The van der Waals surface area contributed by atoms with Gasteiger partial charge in [0.2, 0.25) is 0 Å². The van der Waals surface area contributed by atoms with Gasteiger partial charge in [0.05, 0.1) is 0 Å². The van der Waals surface area contributed by atoms with Gasteiger partial charge >= 0.3 is 301 Å². The molecular formula is CH3B43O. The molecule has 0 saturated heterocycles. The monoisotopic (exact) mass is 504 g/mol. The second kappa shape index (κ2) is 46.6. The summed E-state index contributed by atoms with van der Waals surface area (Å²) in [5, 5.41) is 0. The van der Waals surface area contributed by atoms with Gasteiger partial charge in [-0.1, -0.05) is 0 Å². The van der Waals surface area contributed by atoms with Crippen LogP contribution in [-0.4, -0.2) is 296 Å². The fourth-order valence-corrected chi connectivity index (χ4v) is 2.63. The van der Waals surface area contributed by atoms with Crippen LogP contribution < -0.4 is 0 Å². The van der Waals surface area contributed by atoms with Crippen molar-refractivity contribution in [2.75, 3.05) is 7.11 Å². The van der Waals surface area contributed by atoms with Crippen LogP contribution in [0, 0.1) is 0 Å². The fourth-order valence-electron chi connectivity index (χ4n) is 2.63. The van der Waals surface area contributed by atoms with E-state index < -0.39 is 0 Å². The van der Waals surface area contributed by atoms with Crippen molar-refractivity contribution in [1.29, 1.82) is 0 Å². The van der Waals surface area contributed by atoms with Crippen LogP contribution in [0.1, 0.15) is 0 Å². The van der Waals surface area contributed by atoms with Crippen LogP contribution in [0.3, 0.4) is 0 Å². The van der Waals surface area contributed by atoms with Crippen LogP contribution in [0.2, 0.25) is 0 Å². The van der Waals surface area contributed by atoms with Crippen molar-refractivity contribution < 1.29 is 4.65 Å². The second-order valence-electron chi connectivity index (χ2n) is 8.26. The summed E-state index contributed by atoms with van der Waals surface area (Å²) in [6.07, 6.45) is 0. The van der Waals surface area contributed by atoms with Crippen LogP contribution in [-0.2, 0) is 4.65 Å². The quantitative estimate of drug-likeness (QED) is 0.144. The van der Waals surface area contributed by atoms with Crippen LogP contribution in [0.25, 0.3) is 0 Å². The molecule has 0 aliphatic carbocycles. The third kappa shape index (κ3) is 46.6. The Bertz CT molecular complexity index is 1360. The first-order chi connectivity index (χ1) is 22.4. The van der Waals surface area contributed by atoms with Gasteiger partial charge in [0.15, 0.2) is 0 Å². The third-order valence-electron chi connectivity index (χ3n) is 4.66. The fraction of sp³-hybridized carbons (Fsp3) is 1.00. The van der Waals surface area contributed by atoms with E-state index >= 15 is 0 Å². The Hall–Kier alpha value is 2.59. The molecule has 45 heavy (non-hydrogen) atoms. The van der Waals surface area contributed by atoms with Crippen LogP contribution >= 0.6 is 0 Å². The summed E-state index contributed by atoms with van der Waals surface area (Å²) in [5.41, 5.74) is 0. The standard InChI is InChI=1S/CH3B43O/c1-45-44-43-42-41-40-39-38-37-36-35-34-33-32-31-30-29-28-27-26-25-24-23-22-21-20-19-18-17-16-15-14-13-12-11-10-9-8-7-6-5-4-3-2/h1H3. The molecule has 0 amide bonds. The Kier molecular flexibility index (Phi) is 49.3. The zero-order chi connectivity index (χ0) is 32.4. The summed E-state index contributed by atoms with van der Waals surface area (Å²) < 4.78 is 4.81. The van der Waals surface area contributed by atoms with Gasteiger partial charge in [-0.2, -0.15) is 0 Å². The van der Waals surface area contributed by atoms with Crippen LogP contribution in [0.15, 0.2) is 0 Å². The Balaban J connectivity index is 4.03. The van der Waals surface area contributed by atoms with Gasteiger partial charge in [-0.05, 0) is 0 Å². The van der Waals surface area contributed by atoms with Crippen molar-refractivity contribution >= 4 is 289 Å². The molecule has 0 bridgehead atoms. The molecule has 2 radical (unpaired) electrons. The van der Waals surface area contributed by atoms with Crippen molar-refractivity contribution in [3.05, 3.63) is 0 Å². The van der Waals surface area contributed by atoms with E-state index in [4.69, 9.17) is 12.4 Å². The van der Waals surface area contributed by atoms with Gasteiger partial charge in [0, 0.05) is 0 Å². The molecule has 142 valence electrons. The first-order valence-electron chi connectivity index (χ1n) is 14.6. The molecule has 0 fully saturated rings. The number of hydrogen-bond donors (Lipinski definition) is 0. The summed E-state index contributed by atoms with van der Waals surface area (Å²) in [6, 6.07) is 0. The molecule has 0 aromatic rings. The SMILES string of the molecule is [B]B=BB=BB=BB=BB=BB=BB=BB=BB=BB=BB=BB=BB=BB=BB=BB=BB=BB=BB=BB=BB=BOC. The summed E-state index contributed by atoms with van der Waals surface area (Å²) in [5.74, 6) is 0. The predicted molar refractivity (Wildman–Crippen MR) is 254 cm³/mol. The molecule has 0 rings (SSSR count). The third-order valence-corrected chi connectivity index (χ3v) is 4.66. The van der Waals surface area contributed by atoms with E-state index in [1.165, 1.54) is 6.69 Å². The van der Waals surface area contributed by atoms with E-state index in [9.17, 15) is 0 Å². The molecule has 0 spiro atoms. The van der Waals surface area contributed by atoms with E-state index in [2.05, 4.69) is 0 Å². The molecule has 44 heteroatoms. The maximum atomic E-state index is 5.25. The van der Waals surface area contributed by atoms with Gasteiger partial charge in [0.25, 0.3) is 0 Å². The van der Waals surface area contributed by atoms with Gasteiger partial charge in [-0.25, -0.2) is 0 Å². The summed E-state index contributed by atoms with van der Waals surface area (Å²) in [7, 11) is 8.49. The molecule has 1 nitrogen and oxygen atoms in total. The Morgan fingerprint density at radius 2 is 0.356 bits per heavy atom.